The molecule has 0 amide bonds. The van der Waals surface area contributed by atoms with Gasteiger partial charge >= 0.3 is 5.97 Å². The monoisotopic (exact) mass is 289 g/mol. The Labute approximate surface area is 128 Å². The predicted molar refractivity (Wildman–Crippen MR) is 85.3 cm³/mol. The van der Waals surface area contributed by atoms with Gasteiger partial charge in [-0.05, 0) is 44.2 Å². The van der Waals surface area contributed by atoms with Gasteiger partial charge in [0.2, 0.25) is 0 Å². The molecule has 116 valence electrons. The average Bonchev–Trinajstić information content (AvgIpc) is 2.53. The summed E-state index contributed by atoms with van der Waals surface area (Å²) in [6.07, 6.45) is 6.50. The van der Waals surface area contributed by atoms with Crippen LogP contribution >= 0.6 is 0 Å². The van der Waals surface area contributed by atoms with Crippen LogP contribution in [0.2, 0.25) is 0 Å². The summed E-state index contributed by atoms with van der Waals surface area (Å²) in [5.74, 6) is 0.532. The van der Waals surface area contributed by atoms with E-state index in [4.69, 9.17) is 4.74 Å². The number of hydrogen-bond donors (Lipinski definition) is 1. The lowest BCUT2D eigenvalue weighted by molar-refractivity contribution is -0.143. The number of rotatable bonds is 7. The van der Waals surface area contributed by atoms with E-state index in [9.17, 15) is 4.79 Å². The number of hydrogen-bond acceptors (Lipinski definition) is 3. The molecule has 0 heterocycles. The van der Waals surface area contributed by atoms with Gasteiger partial charge in [0.25, 0.3) is 0 Å². The normalized spacial score (nSPS) is 22.0. The maximum atomic E-state index is 11.3. The Balaban J connectivity index is 1.79. The van der Waals surface area contributed by atoms with Gasteiger partial charge in [-0.15, -0.1) is 0 Å². The van der Waals surface area contributed by atoms with Gasteiger partial charge in [0.05, 0.1) is 6.61 Å². The van der Waals surface area contributed by atoms with Crippen molar-refractivity contribution in [1.29, 1.82) is 0 Å². The number of nitrogens with one attached hydrogen (secondary N) is 1. The lowest BCUT2D eigenvalue weighted by Gasteiger charge is -2.32. The van der Waals surface area contributed by atoms with Crippen LogP contribution in [0.1, 0.15) is 56.9 Å². The Morgan fingerprint density at radius 3 is 2.76 bits per heavy atom. The summed E-state index contributed by atoms with van der Waals surface area (Å²) >= 11 is 0. The number of esters is 1. The highest BCUT2D eigenvalue weighted by atomic mass is 16.5. The van der Waals surface area contributed by atoms with E-state index < -0.39 is 0 Å². The van der Waals surface area contributed by atoms with Gasteiger partial charge < -0.3 is 10.1 Å². The van der Waals surface area contributed by atoms with Crippen molar-refractivity contribution >= 4 is 5.97 Å². The minimum Gasteiger partial charge on any atom is -0.466 e. The minimum atomic E-state index is -0.0810. The fourth-order valence-electron chi connectivity index (χ4n) is 3.23. The van der Waals surface area contributed by atoms with Crippen LogP contribution in [-0.2, 0) is 9.53 Å². The van der Waals surface area contributed by atoms with E-state index in [1.807, 2.05) is 6.92 Å². The molecule has 1 saturated carbocycles. The molecule has 2 atom stereocenters. The van der Waals surface area contributed by atoms with Crippen molar-refractivity contribution in [2.24, 2.45) is 0 Å². The van der Waals surface area contributed by atoms with Crippen molar-refractivity contribution in [1.82, 2.24) is 5.32 Å². The second-order valence-electron chi connectivity index (χ2n) is 5.77. The predicted octanol–water partition coefficient (Wildman–Crippen LogP) is 3.65. The molecule has 0 spiro atoms. The zero-order valence-electron chi connectivity index (χ0n) is 13.0. The molecule has 0 bridgehead atoms. The fraction of sp³-hybridized carbons (Fsp3) is 0.611. The third-order valence-electron chi connectivity index (χ3n) is 4.26. The van der Waals surface area contributed by atoms with Crippen molar-refractivity contribution in [2.75, 3.05) is 13.2 Å². The molecule has 1 aliphatic carbocycles. The van der Waals surface area contributed by atoms with Gasteiger partial charge in [-0.2, -0.15) is 0 Å². The molecule has 1 fully saturated rings. The molecular weight excluding hydrogens is 262 g/mol. The summed E-state index contributed by atoms with van der Waals surface area (Å²) in [5, 5.41) is 3.66. The first-order chi connectivity index (χ1) is 10.3. The van der Waals surface area contributed by atoms with E-state index in [0.717, 1.165) is 13.0 Å². The van der Waals surface area contributed by atoms with Crippen LogP contribution < -0.4 is 5.32 Å². The number of benzene rings is 1. The zero-order valence-corrected chi connectivity index (χ0v) is 13.0. The Kier molecular flexibility index (Phi) is 6.74. The number of carbonyl (C=O) groups is 1. The third-order valence-corrected chi connectivity index (χ3v) is 4.26. The third kappa shape index (κ3) is 5.16. The molecule has 1 aromatic rings. The Bertz CT molecular complexity index is 418. The summed E-state index contributed by atoms with van der Waals surface area (Å²) in [6.45, 7) is 3.22. The number of ether oxygens (including phenoxy) is 1. The van der Waals surface area contributed by atoms with Crippen LogP contribution in [0.5, 0.6) is 0 Å². The Morgan fingerprint density at radius 2 is 2.00 bits per heavy atom. The zero-order chi connectivity index (χ0) is 14.9. The minimum absolute atomic E-state index is 0.0810. The molecule has 0 saturated heterocycles. The highest BCUT2D eigenvalue weighted by Gasteiger charge is 2.25. The molecule has 1 N–H and O–H groups in total. The van der Waals surface area contributed by atoms with Crippen LogP contribution in [0.4, 0.5) is 0 Å². The molecule has 0 aromatic heterocycles. The van der Waals surface area contributed by atoms with Crippen molar-refractivity contribution in [2.45, 2.75) is 57.4 Å². The van der Waals surface area contributed by atoms with E-state index >= 15 is 0 Å². The molecule has 21 heavy (non-hydrogen) atoms. The van der Waals surface area contributed by atoms with Crippen LogP contribution in [0, 0.1) is 0 Å². The van der Waals surface area contributed by atoms with Gasteiger partial charge in [0.1, 0.15) is 0 Å². The van der Waals surface area contributed by atoms with E-state index in [2.05, 4.69) is 35.6 Å². The van der Waals surface area contributed by atoms with Crippen LogP contribution in [0.3, 0.4) is 0 Å². The van der Waals surface area contributed by atoms with Gasteiger partial charge in [0.15, 0.2) is 0 Å². The summed E-state index contributed by atoms with van der Waals surface area (Å²) < 4.78 is 4.96. The van der Waals surface area contributed by atoms with E-state index in [0.29, 0.717) is 25.0 Å². The summed E-state index contributed by atoms with van der Waals surface area (Å²) in [7, 11) is 0. The van der Waals surface area contributed by atoms with Gasteiger partial charge in [-0.1, -0.05) is 43.2 Å². The Hall–Kier alpha value is -1.35. The topological polar surface area (TPSA) is 38.3 Å². The van der Waals surface area contributed by atoms with Crippen molar-refractivity contribution in [3.05, 3.63) is 35.9 Å². The van der Waals surface area contributed by atoms with E-state index in [1.54, 1.807) is 0 Å². The summed E-state index contributed by atoms with van der Waals surface area (Å²) in [4.78, 5) is 11.3. The maximum Gasteiger partial charge on any atom is 0.305 e. The molecule has 1 aliphatic rings. The van der Waals surface area contributed by atoms with Gasteiger partial charge in [-0.25, -0.2) is 0 Å². The SMILES string of the molecule is CCOC(=O)CCCNC1CCCCC1c1ccccc1. The molecule has 0 radical (unpaired) electrons. The maximum absolute atomic E-state index is 11.3. The first-order valence-corrected chi connectivity index (χ1v) is 8.25. The van der Waals surface area contributed by atoms with Crippen LogP contribution in [0.15, 0.2) is 30.3 Å². The molecular formula is C18H27NO2. The first kappa shape index (κ1) is 16.0. The van der Waals surface area contributed by atoms with Crippen molar-refractivity contribution in [3.63, 3.8) is 0 Å². The highest BCUT2D eigenvalue weighted by molar-refractivity contribution is 5.69. The van der Waals surface area contributed by atoms with Crippen molar-refractivity contribution in [3.8, 4) is 0 Å². The molecule has 1 aromatic carbocycles. The molecule has 2 unspecified atom stereocenters. The highest BCUT2D eigenvalue weighted by Crippen LogP contribution is 2.32. The lowest BCUT2D eigenvalue weighted by atomic mass is 9.80. The quantitative estimate of drug-likeness (QED) is 0.615. The van der Waals surface area contributed by atoms with Crippen molar-refractivity contribution < 1.29 is 9.53 Å². The van der Waals surface area contributed by atoms with Gasteiger partial charge in [0, 0.05) is 12.5 Å². The standard InChI is InChI=1S/C18H27NO2/c1-2-21-18(20)13-8-14-19-17-12-7-6-11-16(17)15-9-4-3-5-10-15/h3-5,9-10,16-17,19H,2,6-8,11-14H2,1H3. The molecule has 3 heteroatoms. The second kappa shape index (κ2) is 8.83. The van der Waals surface area contributed by atoms with Crippen LogP contribution in [-0.4, -0.2) is 25.2 Å². The lowest BCUT2D eigenvalue weighted by Crippen LogP contribution is -2.37. The van der Waals surface area contributed by atoms with Crippen LogP contribution in [0.25, 0.3) is 0 Å². The Morgan fingerprint density at radius 1 is 1.24 bits per heavy atom. The van der Waals surface area contributed by atoms with E-state index in [1.165, 1.54) is 31.2 Å². The molecule has 2 rings (SSSR count). The second-order valence-corrected chi connectivity index (χ2v) is 5.77. The molecule has 3 nitrogen and oxygen atoms in total. The summed E-state index contributed by atoms with van der Waals surface area (Å²) in [6, 6.07) is 11.4. The summed E-state index contributed by atoms with van der Waals surface area (Å²) in [5.41, 5.74) is 1.44. The van der Waals surface area contributed by atoms with Gasteiger partial charge in [-0.3, -0.25) is 4.79 Å². The fourth-order valence-corrected chi connectivity index (χ4v) is 3.23. The smallest absolute Gasteiger partial charge is 0.305 e. The number of carbonyl (C=O) groups excluding carboxylic acids is 1. The average molecular weight is 289 g/mol. The molecule has 0 aliphatic heterocycles. The first-order valence-electron chi connectivity index (χ1n) is 8.25. The van der Waals surface area contributed by atoms with E-state index in [-0.39, 0.29) is 5.97 Å². The largest absolute Gasteiger partial charge is 0.466 e.